The van der Waals surface area contributed by atoms with Crippen LogP contribution in [0.15, 0.2) is 41.7 Å². The quantitative estimate of drug-likeness (QED) is 0.521. The van der Waals surface area contributed by atoms with Crippen LogP contribution < -0.4 is 0 Å². The molecule has 0 radical (unpaired) electrons. The first-order chi connectivity index (χ1) is 11.2. The number of hydrogen-bond acceptors (Lipinski definition) is 6. The van der Waals surface area contributed by atoms with Crippen molar-refractivity contribution in [2.24, 2.45) is 0 Å². The van der Waals surface area contributed by atoms with Crippen LogP contribution in [-0.2, 0) is 9.53 Å². The smallest absolute Gasteiger partial charge is 0.316 e. The third-order valence-corrected chi connectivity index (χ3v) is 4.14. The van der Waals surface area contributed by atoms with Gasteiger partial charge in [-0.3, -0.25) is 4.79 Å². The van der Waals surface area contributed by atoms with Crippen molar-refractivity contribution in [2.45, 2.75) is 12.1 Å². The van der Waals surface area contributed by atoms with Crippen molar-refractivity contribution < 1.29 is 9.53 Å². The molecule has 0 aliphatic carbocycles. The molecule has 1 aromatic carbocycles. The largest absolute Gasteiger partial charge is 0.465 e. The van der Waals surface area contributed by atoms with Gasteiger partial charge in [0.2, 0.25) is 5.16 Å². The van der Waals surface area contributed by atoms with Gasteiger partial charge in [0.05, 0.1) is 18.1 Å². The topological polar surface area (TPSA) is 69.4 Å². The zero-order valence-corrected chi connectivity index (χ0v) is 13.8. The van der Waals surface area contributed by atoms with E-state index in [0.29, 0.717) is 22.6 Å². The molecule has 8 heteroatoms. The molecule has 6 nitrogen and oxygen atoms in total. The summed E-state index contributed by atoms with van der Waals surface area (Å²) in [6.07, 6.45) is 1.66. The van der Waals surface area contributed by atoms with Crippen LogP contribution in [0.3, 0.4) is 0 Å². The minimum atomic E-state index is -0.296. The Balaban J connectivity index is 1.93. The van der Waals surface area contributed by atoms with Gasteiger partial charge in [0.1, 0.15) is 0 Å². The zero-order valence-electron chi connectivity index (χ0n) is 12.3. The van der Waals surface area contributed by atoms with Crippen LogP contribution in [0.4, 0.5) is 0 Å². The SMILES string of the molecule is CCOC(=O)CSc1nc2nccc(-c3ccccc3Cl)n2n1. The number of hydrogen-bond donors (Lipinski definition) is 0. The van der Waals surface area contributed by atoms with Crippen LogP contribution in [0.25, 0.3) is 17.0 Å². The molecular formula is C15H13ClN4O2S. The van der Waals surface area contributed by atoms with Gasteiger partial charge < -0.3 is 4.74 Å². The number of carbonyl (C=O) groups is 1. The summed E-state index contributed by atoms with van der Waals surface area (Å²) in [6.45, 7) is 2.13. The van der Waals surface area contributed by atoms with Crippen LogP contribution in [0.2, 0.25) is 5.02 Å². The van der Waals surface area contributed by atoms with Crippen LogP contribution in [0, 0.1) is 0 Å². The first-order valence-corrected chi connectivity index (χ1v) is 8.30. The average Bonchev–Trinajstić information content (AvgIpc) is 2.97. The van der Waals surface area contributed by atoms with E-state index in [1.165, 1.54) is 11.8 Å². The van der Waals surface area contributed by atoms with Gasteiger partial charge in [-0.2, -0.15) is 9.50 Å². The molecule has 118 valence electrons. The van der Waals surface area contributed by atoms with Gasteiger partial charge in [0, 0.05) is 16.8 Å². The van der Waals surface area contributed by atoms with E-state index in [1.54, 1.807) is 17.6 Å². The number of rotatable bonds is 5. The highest BCUT2D eigenvalue weighted by atomic mass is 35.5. The normalized spacial score (nSPS) is 10.9. The van der Waals surface area contributed by atoms with Crippen molar-refractivity contribution in [3.8, 4) is 11.3 Å². The van der Waals surface area contributed by atoms with Crippen molar-refractivity contribution in [3.05, 3.63) is 41.6 Å². The molecule has 0 atom stereocenters. The summed E-state index contributed by atoms with van der Waals surface area (Å²) in [5, 5.41) is 5.49. The Morgan fingerprint density at radius 1 is 1.35 bits per heavy atom. The standard InChI is InChI=1S/C15H13ClN4O2S/c1-2-22-13(21)9-23-15-18-14-17-8-7-12(20(14)19-15)10-5-3-4-6-11(10)16/h3-8H,2,9H2,1H3. The Bertz CT molecular complexity index is 852. The molecule has 0 aliphatic heterocycles. The number of ether oxygens (including phenoxy) is 1. The molecule has 0 fully saturated rings. The van der Waals surface area contributed by atoms with Gasteiger partial charge in [0.15, 0.2) is 0 Å². The Morgan fingerprint density at radius 3 is 2.96 bits per heavy atom. The lowest BCUT2D eigenvalue weighted by atomic mass is 10.1. The average molecular weight is 349 g/mol. The molecule has 0 saturated heterocycles. The van der Waals surface area contributed by atoms with Crippen molar-refractivity contribution >= 4 is 35.1 Å². The van der Waals surface area contributed by atoms with Gasteiger partial charge in [-0.05, 0) is 19.1 Å². The minimum Gasteiger partial charge on any atom is -0.465 e. The van der Waals surface area contributed by atoms with Crippen molar-refractivity contribution in [3.63, 3.8) is 0 Å². The second-order valence-corrected chi connectivity index (χ2v) is 5.86. The molecule has 3 aromatic rings. The van der Waals surface area contributed by atoms with Crippen molar-refractivity contribution in [2.75, 3.05) is 12.4 Å². The summed E-state index contributed by atoms with van der Waals surface area (Å²) >= 11 is 7.47. The molecule has 0 aliphatic rings. The van der Waals surface area contributed by atoms with Gasteiger partial charge in [-0.1, -0.05) is 41.6 Å². The van der Waals surface area contributed by atoms with E-state index in [4.69, 9.17) is 16.3 Å². The monoisotopic (exact) mass is 348 g/mol. The summed E-state index contributed by atoms with van der Waals surface area (Å²) < 4.78 is 6.51. The van der Waals surface area contributed by atoms with Crippen LogP contribution in [0.1, 0.15) is 6.92 Å². The molecule has 2 heterocycles. The molecule has 23 heavy (non-hydrogen) atoms. The summed E-state index contributed by atoms with van der Waals surface area (Å²) in [6, 6.07) is 9.32. The Morgan fingerprint density at radius 2 is 2.17 bits per heavy atom. The zero-order chi connectivity index (χ0) is 16.2. The number of esters is 1. The van der Waals surface area contributed by atoms with Gasteiger partial charge in [-0.15, -0.1) is 5.10 Å². The lowest BCUT2D eigenvalue weighted by molar-refractivity contribution is -0.139. The van der Waals surface area contributed by atoms with Crippen LogP contribution in [-0.4, -0.2) is 37.9 Å². The number of aromatic nitrogens is 4. The summed E-state index contributed by atoms with van der Waals surface area (Å²) in [5.74, 6) is 0.316. The van der Waals surface area contributed by atoms with E-state index in [1.807, 2.05) is 30.3 Å². The van der Waals surface area contributed by atoms with E-state index >= 15 is 0 Å². The molecule has 0 bridgehead atoms. The predicted octanol–water partition coefficient (Wildman–Crippen LogP) is 3.10. The highest BCUT2D eigenvalue weighted by Gasteiger charge is 2.13. The summed E-state index contributed by atoms with van der Waals surface area (Å²) in [4.78, 5) is 19.9. The maximum atomic E-state index is 11.4. The van der Waals surface area contributed by atoms with E-state index in [-0.39, 0.29) is 11.7 Å². The predicted molar refractivity (Wildman–Crippen MR) is 88.6 cm³/mol. The maximum Gasteiger partial charge on any atom is 0.316 e. The Labute approximate surface area is 141 Å². The second kappa shape index (κ2) is 6.97. The number of nitrogens with zero attached hydrogens (tertiary/aromatic N) is 4. The van der Waals surface area contributed by atoms with E-state index in [9.17, 15) is 4.79 Å². The number of fused-ring (bicyclic) bond motifs is 1. The first kappa shape index (κ1) is 15.8. The molecule has 0 N–H and O–H groups in total. The Kier molecular flexibility index (Phi) is 4.78. The van der Waals surface area contributed by atoms with Gasteiger partial charge in [0.25, 0.3) is 5.78 Å². The number of thioether (sulfide) groups is 1. The van der Waals surface area contributed by atoms with Gasteiger partial charge >= 0.3 is 5.97 Å². The lowest BCUT2D eigenvalue weighted by Gasteiger charge is -2.05. The fourth-order valence-electron chi connectivity index (χ4n) is 2.04. The molecule has 3 rings (SSSR count). The molecule has 0 saturated carbocycles. The van der Waals surface area contributed by atoms with Crippen molar-refractivity contribution in [1.82, 2.24) is 19.6 Å². The highest BCUT2D eigenvalue weighted by molar-refractivity contribution is 7.99. The molecular weight excluding hydrogens is 336 g/mol. The minimum absolute atomic E-state index is 0.159. The third-order valence-electron chi connectivity index (χ3n) is 3.00. The molecule has 0 unspecified atom stereocenters. The summed E-state index contributed by atoms with van der Waals surface area (Å²) in [7, 11) is 0. The molecule has 2 aromatic heterocycles. The summed E-state index contributed by atoms with van der Waals surface area (Å²) in [5.41, 5.74) is 1.63. The molecule has 0 amide bonds. The van der Waals surface area contributed by atoms with Crippen molar-refractivity contribution in [1.29, 1.82) is 0 Å². The Hall–Kier alpha value is -2.12. The number of carbonyl (C=O) groups excluding carboxylic acids is 1. The van der Waals surface area contributed by atoms with E-state index in [0.717, 1.165) is 11.3 Å². The fraction of sp³-hybridized carbons (Fsp3) is 0.200. The maximum absolute atomic E-state index is 11.4. The van der Waals surface area contributed by atoms with E-state index < -0.39 is 0 Å². The first-order valence-electron chi connectivity index (χ1n) is 6.94. The number of benzene rings is 1. The third kappa shape index (κ3) is 3.46. The number of halogens is 1. The lowest BCUT2D eigenvalue weighted by Crippen LogP contribution is -2.06. The highest BCUT2D eigenvalue weighted by Crippen LogP contribution is 2.27. The van der Waals surface area contributed by atoms with Gasteiger partial charge in [-0.25, -0.2) is 4.98 Å². The van der Waals surface area contributed by atoms with Crippen LogP contribution >= 0.6 is 23.4 Å². The second-order valence-electron chi connectivity index (χ2n) is 4.51. The van der Waals surface area contributed by atoms with Crippen LogP contribution in [0.5, 0.6) is 0 Å². The van der Waals surface area contributed by atoms with E-state index in [2.05, 4.69) is 15.1 Å². The fourth-order valence-corrected chi connectivity index (χ4v) is 2.88. The molecule has 0 spiro atoms.